The zero-order valence-electron chi connectivity index (χ0n) is 10.8. The van der Waals surface area contributed by atoms with Gasteiger partial charge in [-0.25, -0.2) is 0 Å². The Morgan fingerprint density at radius 3 is 3.00 bits per heavy atom. The van der Waals surface area contributed by atoms with Gasteiger partial charge in [0.25, 0.3) is 5.91 Å². The van der Waals surface area contributed by atoms with E-state index in [1.165, 1.54) is 0 Å². The van der Waals surface area contributed by atoms with Crippen molar-refractivity contribution in [1.29, 1.82) is 0 Å². The molecule has 1 unspecified atom stereocenters. The summed E-state index contributed by atoms with van der Waals surface area (Å²) in [5.41, 5.74) is 1.79. The lowest BCUT2D eigenvalue weighted by atomic mass is 10.0. The Balaban J connectivity index is 1.93. The van der Waals surface area contributed by atoms with Gasteiger partial charge in [-0.2, -0.15) is 0 Å². The van der Waals surface area contributed by atoms with Crippen LogP contribution in [0, 0.1) is 0 Å². The molecule has 0 radical (unpaired) electrons. The molecule has 5 heteroatoms. The second kappa shape index (κ2) is 4.59. The molecule has 0 aliphatic carbocycles. The van der Waals surface area contributed by atoms with Gasteiger partial charge < -0.3 is 10.6 Å². The standard InChI is InChI=1S/C14H16N4O/c1-14(5-6-15-9-14)18-13(19)10-3-2-4-11-12(10)17-8-7-16-11/h2-4,7-8,15H,5-6,9H2,1H3,(H,18,19). The molecule has 1 saturated heterocycles. The summed E-state index contributed by atoms with van der Waals surface area (Å²) in [5, 5.41) is 6.36. The molecule has 3 rings (SSSR count). The average molecular weight is 256 g/mol. The third-order valence-corrected chi connectivity index (χ3v) is 3.53. The van der Waals surface area contributed by atoms with Crippen molar-refractivity contribution in [3.63, 3.8) is 0 Å². The molecular formula is C14H16N4O. The minimum Gasteiger partial charge on any atom is -0.345 e. The van der Waals surface area contributed by atoms with Crippen LogP contribution in [0.1, 0.15) is 23.7 Å². The SMILES string of the molecule is CC1(NC(=O)c2cccc3nccnc23)CCNC1. The maximum atomic E-state index is 12.4. The van der Waals surface area contributed by atoms with Crippen LogP contribution in [-0.2, 0) is 0 Å². The Bertz CT molecular complexity index is 614. The lowest BCUT2D eigenvalue weighted by Gasteiger charge is -2.24. The van der Waals surface area contributed by atoms with Crippen LogP contribution in [0.5, 0.6) is 0 Å². The zero-order chi connectivity index (χ0) is 13.3. The van der Waals surface area contributed by atoms with Gasteiger partial charge in [0, 0.05) is 18.9 Å². The number of hydrogen-bond donors (Lipinski definition) is 2. The monoisotopic (exact) mass is 256 g/mol. The maximum absolute atomic E-state index is 12.4. The van der Waals surface area contributed by atoms with E-state index >= 15 is 0 Å². The average Bonchev–Trinajstić information content (AvgIpc) is 2.84. The van der Waals surface area contributed by atoms with Gasteiger partial charge in [-0.15, -0.1) is 0 Å². The Morgan fingerprint density at radius 2 is 2.21 bits per heavy atom. The molecule has 5 nitrogen and oxygen atoms in total. The zero-order valence-corrected chi connectivity index (χ0v) is 10.8. The van der Waals surface area contributed by atoms with E-state index in [4.69, 9.17) is 0 Å². The van der Waals surface area contributed by atoms with Crippen molar-refractivity contribution in [2.24, 2.45) is 0 Å². The number of rotatable bonds is 2. The predicted octanol–water partition coefficient (Wildman–Crippen LogP) is 1.11. The lowest BCUT2D eigenvalue weighted by molar-refractivity contribution is 0.0914. The van der Waals surface area contributed by atoms with Crippen molar-refractivity contribution in [1.82, 2.24) is 20.6 Å². The van der Waals surface area contributed by atoms with Crippen LogP contribution in [0.4, 0.5) is 0 Å². The highest BCUT2D eigenvalue weighted by molar-refractivity contribution is 6.04. The molecule has 2 N–H and O–H groups in total. The fourth-order valence-electron chi connectivity index (χ4n) is 2.44. The number of carbonyl (C=O) groups is 1. The molecule has 1 aromatic carbocycles. The Morgan fingerprint density at radius 1 is 1.37 bits per heavy atom. The molecule has 1 aliphatic rings. The smallest absolute Gasteiger partial charge is 0.254 e. The first-order valence-corrected chi connectivity index (χ1v) is 6.41. The first-order valence-electron chi connectivity index (χ1n) is 6.41. The largest absolute Gasteiger partial charge is 0.345 e. The van der Waals surface area contributed by atoms with Crippen molar-refractivity contribution in [2.45, 2.75) is 18.9 Å². The second-order valence-corrected chi connectivity index (χ2v) is 5.17. The molecule has 0 saturated carbocycles. The van der Waals surface area contributed by atoms with Crippen LogP contribution in [0.3, 0.4) is 0 Å². The number of para-hydroxylation sites is 1. The van der Waals surface area contributed by atoms with Gasteiger partial charge in [0.1, 0.15) is 5.52 Å². The van der Waals surface area contributed by atoms with Crippen LogP contribution in [0.15, 0.2) is 30.6 Å². The number of nitrogens with one attached hydrogen (secondary N) is 2. The van der Waals surface area contributed by atoms with E-state index in [9.17, 15) is 4.79 Å². The van der Waals surface area contributed by atoms with Gasteiger partial charge in [-0.3, -0.25) is 14.8 Å². The molecule has 1 amide bonds. The number of hydrogen-bond acceptors (Lipinski definition) is 4. The van der Waals surface area contributed by atoms with Crippen molar-refractivity contribution in [3.05, 3.63) is 36.2 Å². The van der Waals surface area contributed by atoms with E-state index in [2.05, 4.69) is 27.5 Å². The van der Waals surface area contributed by atoms with Gasteiger partial charge in [-0.05, 0) is 32.0 Å². The molecule has 19 heavy (non-hydrogen) atoms. The molecule has 1 aromatic heterocycles. The van der Waals surface area contributed by atoms with Crippen LogP contribution < -0.4 is 10.6 Å². The van der Waals surface area contributed by atoms with Crippen molar-refractivity contribution in [2.75, 3.05) is 13.1 Å². The first kappa shape index (κ1) is 12.0. The Labute approximate surface area is 111 Å². The lowest BCUT2D eigenvalue weighted by Crippen LogP contribution is -2.47. The van der Waals surface area contributed by atoms with Gasteiger partial charge in [0.15, 0.2) is 0 Å². The molecule has 1 aliphatic heterocycles. The highest BCUT2D eigenvalue weighted by Gasteiger charge is 2.30. The first-order chi connectivity index (χ1) is 9.18. The third-order valence-electron chi connectivity index (χ3n) is 3.53. The van der Waals surface area contributed by atoms with Crippen LogP contribution >= 0.6 is 0 Å². The molecule has 1 fully saturated rings. The molecule has 0 spiro atoms. The topological polar surface area (TPSA) is 66.9 Å². The molecule has 0 bridgehead atoms. The van der Waals surface area contributed by atoms with Crippen LogP contribution in [0.2, 0.25) is 0 Å². The predicted molar refractivity (Wildman–Crippen MR) is 72.9 cm³/mol. The highest BCUT2D eigenvalue weighted by atomic mass is 16.1. The number of benzene rings is 1. The van der Waals surface area contributed by atoms with Gasteiger partial charge in [-0.1, -0.05) is 6.07 Å². The van der Waals surface area contributed by atoms with Gasteiger partial charge in [0.05, 0.1) is 16.6 Å². The minimum atomic E-state index is -0.179. The number of amides is 1. The van der Waals surface area contributed by atoms with Crippen molar-refractivity contribution in [3.8, 4) is 0 Å². The number of carbonyl (C=O) groups excluding carboxylic acids is 1. The van der Waals surface area contributed by atoms with Crippen molar-refractivity contribution < 1.29 is 4.79 Å². The Hall–Kier alpha value is -2.01. The maximum Gasteiger partial charge on any atom is 0.254 e. The highest BCUT2D eigenvalue weighted by Crippen LogP contribution is 2.17. The summed E-state index contributed by atoms with van der Waals surface area (Å²) in [6, 6.07) is 5.48. The van der Waals surface area contributed by atoms with E-state index in [-0.39, 0.29) is 11.4 Å². The van der Waals surface area contributed by atoms with E-state index in [0.29, 0.717) is 11.1 Å². The fraction of sp³-hybridized carbons (Fsp3) is 0.357. The van der Waals surface area contributed by atoms with Crippen molar-refractivity contribution >= 4 is 16.9 Å². The normalized spacial score (nSPS) is 22.6. The molecule has 2 aromatic rings. The van der Waals surface area contributed by atoms with E-state index < -0.39 is 0 Å². The number of fused-ring (bicyclic) bond motifs is 1. The van der Waals surface area contributed by atoms with E-state index in [0.717, 1.165) is 25.0 Å². The third kappa shape index (κ3) is 2.29. The summed E-state index contributed by atoms with van der Waals surface area (Å²) in [5.74, 6) is -0.0858. The molecule has 1 atom stereocenters. The second-order valence-electron chi connectivity index (χ2n) is 5.17. The minimum absolute atomic E-state index is 0.0858. The summed E-state index contributed by atoms with van der Waals surface area (Å²) >= 11 is 0. The fourth-order valence-corrected chi connectivity index (χ4v) is 2.44. The van der Waals surface area contributed by atoms with Crippen LogP contribution in [-0.4, -0.2) is 34.5 Å². The Kier molecular flexibility index (Phi) is 2.91. The number of aromatic nitrogens is 2. The summed E-state index contributed by atoms with van der Waals surface area (Å²) in [6.45, 7) is 3.79. The summed E-state index contributed by atoms with van der Waals surface area (Å²) in [4.78, 5) is 20.9. The van der Waals surface area contributed by atoms with E-state index in [1.54, 1.807) is 18.5 Å². The number of nitrogens with zero attached hydrogens (tertiary/aromatic N) is 2. The molecule has 98 valence electrons. The summed E-state index contributed by atoms with van der Waals surface area (Å²) in [7, 11) is 0. The quantitative estimate of drug-likeness (QED) is 0.844. The van der Waals surface area contributed by atoms with E-state index in [1.807, 2.05) is 12.1 Å². The van der Waals surface area contributed by atoms with Gasteiger partial charge in [0.2, 0.25) is 0 Å². The summed E-state index contributed by atoms with van der Waals surface area (Å²) in [6.07, 6.45) is 4.18. The van der Waals surface area contributed by atoms with Crippen LogP contribution in [0.25, 0.3) is 11.0 Å². The van der Waals surface area contributed by atoms with Gasteiger partial charge >= 0.3 is 0 Å². The molecular weight excluding hydrogens is 240 g/mol. The summed E-state index contributed by atoms with van der Waals surface area (Å²) < 4.78 is 0. The molecule has 2 heterocycles.